The molecule has 1 aromatic heterocycles. The summed E-state index contributed by atoms with van der Waals surface area (Å²) in [6, 6.07) is 1.53. The molecule has 0 saturated heterocycles. The third kappa shape index (κ3) is 2.27. The molecule has 68 valence electrons. The van der Waals surface area contributed by atoms with Gasteiger partial charge in [0.1, 0.15) is 6.07 Å². The summed E-state index contributed by atoms with van der Waals surface area (Å²) < 4.78 is 1.37. The zero-order chi connectivity index (χ0) is 9.84. The van der Waals surface area contributed by atoms with Crippen LogP contribution in [0.4, 0.5) is 0 Å². The fourth-order valence-electron chi connectivity index (χ4n) is 0.890. The summed E-state index contributed by atoms with van der Waals surface area (Å²) in [4.78, 5) is 10.3. The van der Waals surface area contributed by atoms with E-state index in [0.717, 1.165) is 0 Å². The Bertz CT molecular complexity index is 352. The van der Waals surface area contributed by atoms with E-state index in [9.17, 15) is 4.79 Å². The Kier molecular flexibility index (Phi) is 2.59. The number of aliphatic carboxylic acids is 1. The minimum absolute atomic E-state index is 0.0335. The standard InChI is InChI=1S/C7H8N4O2/c1-5(2-7(12)13)11-4-6(3-8)9-10-11/h4-5H,2H2,1H3,(H,12,13). The topological polar surface area (TPSA) is 91.8 Å². The van der Waals surface area contributed by atoms with Crippen molar-refractivity contribution in [1.82, 2.24) is 15.0 Å². The number of hydrogen-bond acceptors (Lipinski definition) is 4. The molecule has 6 heteroatoms. The van der Waals surface area contributed by atoms with Crippen LogP contribution in [0.5, 0.6) is 0 Å². The molecule has 0 aliphatic rings. The van der Waals surface area contributed by atoms with Crippen molar-refractivity contribution in [2.45, 2.75) is 19.4 Å². The molecule has 0 bridgehead atoms. The molecule has 0 radical (unpaired) electrons. The number of hydrogen-bond donors (Lipinski definition) is 1. The van der Waals surface area contributed by atoms with Crippen molar-refractivity contribution in [1.29, 1.82) is 5.26 Å². The highest BCUT2D eigenvalue weighted by molar-refractivity contribution is 5.67. The highest BCUT2D eigenvalue weighted by Gasteiger charge is 2.11. The second-order valence-electron chi connectivity index (χ2n) is 2.64. The van der Waals surface area contributed by atoms with Crippen LogP contribution in [-0.4, -0.2) is 26.1 Å². The number of rotatable bonds is 3. The Balaban J connectivity index is 2.72. The Morgan fingerprint density at radius 1 is 1.92 bits per heavy atom. The van der Waals surface area contributed by atoms with Gasteiger partial charge in [0.25, 0.3) is 0 Å². The first-order valence-corrected chi connectivity index (χ1v) is 3.67. The summed E-state index contributed by atoms with van der Waals surface area (Å²) in [6.45, 7) is 1.70. The maximum Gasteiger partial charge on any atom is 0.305 e. The predicted octanol–water partition coefficient (Wildman–Crippen LogP) is 0.185. The predicted molar refractivity (Wildman–Crippen MR) is 41.7 cm³/mol. The van der Waals surface area contributed by atoms with Gasteiger partial charge in [0.05, 0.1) is 18.7 Å². The van der Waals surface area contributed by atoms with E-state index in [2.05, 4.69) is 10.3 Å². The van der Waals surface area contributed by atoms with Crippen LogP contribution >= 0.6 is 0 Å². The van der Waals surface area contributed by atoms with Crippen molar-refractivity contribution in [3.8, 4) is 6.07 Å². The molecule has 0 amide bonds. The smallest absolute Gasteiger partial charge is 0.305 e. The summed E-state index contributed by atoms with van der Waals surface area (Å²) in [6.07, 6.45) is 1.39. The molecule has 0 aliphatic carbocycles. The maximum absolute atomic E-state index is 10.3. The van der Waals surface area contributed by atoms with Gasteiger partial charge in [0.15, 0.2) is 5.69 Å². The number of aromatic nitrogens is 3. The van der Waals surface area contributed by atoms with Gasteiger partial charge in [-0.2, -0.15) is 5.26 Å². The van der Waals surface area contributed by atoms with Crippen LogP contribution in [0.1, 0.15) is 25.1 Å². The highest BCUT2D eigenvalue weighted by Crippen LogP contribution is 2.08. The highest BCUT2D eigenvalue weighted by atomic mass is 16.4. The molecule has 0 saturated carbocycles. The average Bonchev–Trinajstić information content (AvgIpc) is 2.50. The van der Waals surface area contributed by atoms with E-state index in [4.69, 9.17) is 10.4 Å². The van der Waals surface area contributed by atoms with Gasteiger partial charge >= 0.3 is 5.97 Å². The van der Waals surface area contributed by atoms with Gasteiger partial charge < -0.3 is 5.11 Å². The zero-order valence-corrected chi connectivity index (χ0v) is 7.01. The molecule has 0 fully saturated rings. The second kappa shape index (κ2) is 3.67. The van der Waals surface area contributed by atoms with Gasteiger partial charge in [-0.3, -0.25) is 4.79 Å². The lowest BCUT2D eigenvalue weighted by Crippen LogP contribution is -2.10. The van der Waals surface area contributed by atoms with E-state index in [1.54, 1.807) is 6.92 Å². The van der Waals surface area contributed by atoms with E-state index < -0.39 is 5.97 Å². The first kappa shape index (κ1) is 9.19. The van der Waals surface area contributed by atoms with Crippen LogP contribution < -0.4 is 0 Å². The molecule has 1 heterocycles. The van der Waals surface area contributed by atoms with Crippen LogP contribution in [0.15, 0.2) is 6.20 Å². The van der Waals surface area contributed by atoms with Crippen molar-refractivity contribution in [2.24, 2.45) is 0 Å². The second-order valence-corrected chi connectivity index (χ2v) is 2.64. The third-order valence-corrected chi connectivity index (χ3v) is 1.55. The van der Waals surface area contributed by atoms with Crippen molar-refractivity contribution in [3.63, 3.8) is 0 Å². The lowest BCUT2D eigenvalue weighted by molar-refractivity contribution is -0.137. The Labute approximate surface area is 74.4 Å². The van der Waals surface area contributed by atoms with Crippen molar-refractivity contribution in [3.05, 3.63) is 11.9 Å². The first-order valence-electron chi connectivity index (χ1n) is 3.67. The van der Waals surface area contributed by atoms with Crippen LogP contribution in [0, 0.1) is 11.3 Å². The molecule has 1 rings (SSSR count). The summed E-state index contributed by atoms with van der Waals surface area (Å²) >= 11 is 0. The van der Waals surface area contributed by atoms with E-state index in [0.29, 0.717) is 0 Å². The molecule has 13 heavy (non-hydrogen) atoms. The van der Waals surface area contributed by atoms with Crippen LogP contribution in [0.3, 0.4) is 0 Å². The summed E-state index contributed by atoms with van der Waals surface area (Å²) in [5.74, 6) is -0.901. The SMILES string of the molecule is CC(CC(=O)O)n1cc(C#N)nn1. The van der Waals surface area contributed by atoms with Gasteiger partial charge in [-0.25, -0.2) is 4.68 Å². The average molecular weight is 180 g/mol. The lowest BCUT2D eigenvalue weighted by Gasteiger charge is -2.06. The number of carboxylic acids is 1. The number of nitrogens with zero attached hydrogens (tertiary/aromatic N) is 4. The maximum atomic E-state index is 10.3. The van der Waals surface area contributed by atoms with Gasteiger partial charge in [-0.1, -0.05) is 5.21 Å². The van der Waals surface area contributed by atoms with E-state index in [-0.39, 0.29) is 18.2 Å². The van der Waals surface area contributed by atoms with Crippen molar-refractivity contribution in [2.75, 3.05) is 0 Å². The molecule has 1 N–H and O–H groups in total. The summed E-state index contributed by atoms with van der Waals surface area (Å²) in [5.41, 5.74) is 0.192. The number of carboxylic acid groups (broad SMARTS) is 1. The molecule has 1 unspecified atom stereocenters. The fourth-order valence-corrected chi connectivity index (χ4v) is 0.890. The Morgan fingerprint density at radius 3 is 3.08 bits per heavy atom. The molecular weight excluding hydrogens is 172 g/mol. The van der Waals surface area contributed by atoms with Crippen molar-refractivity contribution >= 4 is 5.97 Å². The monoisotopic (exact) mass is 180 g/mol. The molecule has 6 nitrogen and oxygen atoms in total. The largest absolute Gasteiger partial charge is 0.481 e. The van der Waals surface area contributed by atoms with E-state index in [1.807, 2.05) is 6.07 Å². The van der Waals surface area contributed by atoms with Crippen LogP contribution in [0.2, 0.25) is 0 Å². The number of nitriles is 1. The lowest BCUT2D eigenvalue weighted by atomic mass is 10.2. The van der Waals surface area contributed by atoms with Crippen LogP contribution in [-0.2, 0) is 4.79 Å². The molecular formula is C7H8N4O2. The Morgan fingerprint density at radius 2 is 2.62 bits per heavy atom. The fraction of sp³-hybridized carbons (Fsp3) is 0.429. The summed E-state index contributed by atoms with van der Waals surface area (Å²) in [7, 11) is 0. The molecule has 0 aromatic carbocycles. The minimum atomic E-state index is -0.901. The van der Waals surface area contributed by atoms with Gasteiger partial charge in [-0.15, -0.1) is 5.10 Å². The molecule has 1 atom stereocenters. The van der Waals surface area contributed by atoms with E-state index >= 15 is 0 Å². The van der Waals surface area contributed by atoms with Gasteiger partial charge in [0, 0.05) is 0 Å². The Hall–Kier alpha value is -1.90. The number of carbonyl (C=O) groups is 1. The molecule has 1 aromatic rings. The van der Waals surface area contributed by atoms with Crippen molar-refractivity contribution < 1.29 is 9.90 Å². The third-order valence-electron chi connectivity index (χ3n) is 1.55. The minimum Gasteiger partial charge on any atom is -0.481 e. The zero-order valence-electron chi connectivity index (χ0n) is 7.01. The molecule has 0 spiro atoms. The van der Waals surface area contributed by atoms with E-state index in [1.165, 1.54) is 10.9 Å². The summed E-state index contributed by atoms with van der Waals surface area (Å²) in [5, 5.41) is 24.1. The van der Waals surface area contributed by atoms with Gasteiger partial charge in [0.2, 0.25) is 0 Å². The van der Waals surface area contributed by atoms with Crippen LogP contribution in [0.25, 0.3) is 0 Å². The molecule has 0 aliphatic heterocycles. The normalized spacial score (nSPS) is 12.0. The van der Waals surface area contributed by atoms with Gasteiger partial charge in [-0.05, 0) is 6.92 Å². The quantitative estimate of drug-likeness (QED) is 0.716. The first-order chi connectivity index (χ1) is 6.13.